The molecular weight excluding hydrogens is 288 g/mol. The van der Waals surface area contributed by atoms with Crippen molar-refractivity contribution in [3.05, 3.63) is 63.7 Å². The number of aryl methyl sites for hydroxylation is 2. The lowest BCUT2D eigenvalue weighted by Crippen LogP contribution is -1.93. The van der Waals surface area contributed by atoms with Crippen LogP contribution < -0.4 is 0 Å². The highest BCUT2D eigenvalue weighted by Crippen LogP contribution is 2.28. The van der Waals surface area contributed by atoms with Crippen LogP contribution in [0.5, 0.6) is 0 Å². The summed E-state index contributed by atoms with van der Waals surface area (Å²) in [5.74, 6) is 0.902. The van der Waals surface area contributed by atoms with Crippen LogP contribution in [-0.2, 0) is 5.75 Å². The van der Waals surface area contributed by atoms with Gasteiger partial charge in [0, 0.05) is 16.2 Å². The number of Topliss-reactive ketones (excluding diaryl/α,β-unsaturated/α-hetero) is 1. The monoisotopic (exact) mass is 304 g/mol. The number of ketones is 1. The van der Waals surface area contributed by atoms with Gasteiger partial charge in [-0.3, -0.25) is 4.79 Å². The molecule has 0 aliphatic rings. The highest BCUT2D eigenvalue weighted by Gasteiger charge is 2.07. The summed E-state index contributed by atoms with van der Waals surface area (Å²) in [5.41, 5.74) is 4.46. The Morgan fingerprint density at radius 2 is 1.75 bits per heavy atom. The van der Waals surface area contributed by atoms with Crippen LogP contribution >= 0.6 is 23.4 Å². The zero-order valence-electron chi connectivity index (χ0n) is 11.9. The highest BCUT2D eigenvalue weighted by atomic mass is 35.5. The van der Waals surface area contributed by atoms with Gasteiger partial charge in [-0.15, -0.1) is 11.8 Å². The molecule has 2 aromatic carbocycles. The zero-order chi connectivity index (χ0) is 14.7. The number of halogens is 1. The molecule has 0 N–H and O–H groups in total. The molecular formula is C17H17ClOS. The van der Waals surface area contributed by atoms with Gasteiger partial charge in [0.15, 0.2) is 5.78 Å². The highest BCUT2D eigenvalue weighted by molar-refractivity contribution is 7.98. The third kappa shape index (κ3) is 3.87. The van der Waals surface area contributed by atoms with Gasteiger partial charge >= 0.3 is 0 Å². The Morgan fingerprint density at radius 1 is 1.10 bits per heavy atom. The fourth-order valence-electron chi connectivity index (χ4n) is 2.19. The molecule has 104 valence electrons. The maximum Gasteiger partial charge on any atom is 0.161 e. The van der Waals surface area contributed by atoms with Crippen molar-refractivity contribution in [2.24, 2.45) is 0 Å². The first kappa shape index (κ1) is 15.1. The molecule has 1 nitrogen and oxygen atoms in total. The molecule has 0 heterocycles. The van der Waals surface area contributed by atoms with Crippen LogP contribution in [0.4, 0.5) is 0 Å². The van der Waals surface area contributed by atoms with Gasteiger partial charge in [-0.05, 0) is 44.5 Å². The largest absolute Gasteiger partial charge is 0.294 e. The quantitative estimate of drug-likeness (QED) is 0.552. The maximum absolute atomic E-state index is 11.3. The summed E-state index contributed by atoms with van der Waals surface area (Å²) in [5, 5.41) is 0.530. The number of carbonyl (C=O) groups excluding carboxylic acids is 1. The second-order valence-electron chi connectivity index (χ2n) is 4.98. The molecule has 0 amide bonds. The number of benzene rings is 2. The van der Waals surface area contributed by atoms with Crippen molar-refractivity contribution >= 4 is 29.1 Å². The number of thioether (sulfide) groups is 1. The van der Waals surface area contributed by atoms with Crippen molar-refractivity contribution in [3.63, 3.8) is 0 Å². The van der Waals surface area contributed by atoms with E-state index in [9.17, 15) is 4.79 Å². The minimum Gasteiger partial charge on any atom is -0.294 e. The minimum atomic E-state index is 0.000795. The third-order valence-corrected chi connectivity index (χ3v) is 4.38. The normalized spacial score (nSPS) is 10.6. The molecule has 0 aromatic heterocycles. The molecule has 0 bridgehead atoms. The first-order chi connectivity index (χ1) is 9.45. The second-order valence-corrected chi connectivity index (χ2v) is 6.44. The van der Waals surface area contributed by atoms with E-state index in [-0.39, 0.29) is 5.78 Å². The smallest absolute Gasteiger partial charge is 0.161 e. The lowest BCUT2D eigenvalue weighted by atomic mass is 10.1. The summed E-state index contributed by atoms with van der Waals surface area (Å²) < 4.78 is 0. The predicted octanol–water partition coefficient (Wildman–Crippen LogP) is 5.45. The van der Waals surface area contributed by atoms with Gasteiger partial charge < -0.3 is 0 Å². The second kappa shape index (κ2) is 6.47. The summed E-state index contributed by atoms with van der Waals surface area (Å²) in [6.45, 7) is 5.75. The molecule has 20 heavy (non-hydrogen) atoms. The van der Waals surface area contributed by atoms with E-state index in [1.807, 2.05) is 12.1 Å². The minimum absolute atomic E-state index is 0.000795. The molecule has 0 atom stereocenters. The lowest BCUT2D eigenvalue weighted by Gasteiger charge is -2.07. The molecule has 0 fully saturated rings. The van der Waals surface area contributed by atoms with E-state index in [0.717, 1.165) is 10.6 Å². The van der Waals surface area contributed by atoms with Crippen molar-refractivity contribution in [2.75, 3.05) is 0 Å². The molecule has 0 aliphatic heterocycles. The summed E-state index contributed by atoms with van der Waals surface area (Å²) in [7, 11) is 0. The summed E-state index contributed by atoms with van der Waals surface area (Å²) in [4.78, 5) is 12.4. The van der Waals surface area contributed by atoms with Crippen molar-refractivity contribution < 1.29 is 4.79 Å². The van der Waals surface area contributed by atoms with Crippen LogP contribution in [0.2, 0.25) is 5.02 Å². The maximum atomic E-state index is 11.3. The standard InChI is InChI=1S/C17H17ClOS/c1-11-6-12(2)8-14(7-11)10-20-15-4-5-16(13(3)19)17(18)9-15/h4-9H,10H2,1-3H3. The van der Waals surface area contributed by atoms with Crippen LogP contribution in [0.3, 0.4) is 0 Å². The average Bonchev–Trinajstić information content (AvgIpc) is 2.35. The molecule has 0 saturated carbocycles. The summed E-state index contributed by atoms with van der Waals surface area (Å²) in [6.07, 6.45) is 0. The Morgan fingerprint density at radius 3 is 2.30 bits per heavy atom. The van der Waals surface area contributed by atoms with Gasteiger partial charge in [0.05, 0.1) is 5.02 Å². The third-order valence-electron chi connectivity index (χ3n) is 3.01. The fraction of sp³-hybridized carbons (Fsp3) is 0.235. The van der Waals surface area contributed by atoms with Crippen LogP contribution in [0.25, 0.3) is 0 Å². The zero-order valence-corrected chi connectivity index (χ0v) is 13.4. The van der Waals surface area contributed by atoms with Crippen molar-refractivity contribution in [1.82, 2.24) is 0 Å². The Kier molecular flexibility index (Phi) is 4.90. The number of hydrogen-bond donors (Lipinski definition) is 0. The van der Waals surface area contributed by atoms with Gasteiger partial charge in [-0.25, -0.2) is 0 Å². The summed E-state index contributed by atoms with van der Waals surface area (Å²) in [6, 6.07) is 12.2. The van der Waals surface area contributed by atoms with E-state index in [2.05, 4.69) is 32.0 Å². The van der Waals surface area contributed by atoms with Crippen LogP contribution in [0, 0.1) is 13.8 Å². The molecule has 0 spiro atoms. The van der Waals surface area contributed by atoms with E-state index in [0.29, 0.717) is 10.6 Å². The van der Waals surface area contributed by atoms with E-state index < -0.39 is 0 Å². The van der Waals surface area contributed by atoms with Gasteiger partial charge in [-0.2, -0.15) is 0 Å². The van der Waals surface area contributed by atoms with Crippen molar-refractivity contribution in [1.29, 1.82) is 0 Å². The SMILES string of the molecule is CC(=O)c1ccc(SCc2cc(C)cc(C)c2)cc1Cl. The first-order valence-corrected chi connectivity index (χ1v) is 7.82. The topological polar surface area (TPSA) is 17.1 Å². The molecule has 2 rings (SSSR count). The first-order valence-electron chi connectivity index (χ1n) is 6.46. The predicted molar refractivity (Wildman–Crippen MR) is 86.9 cm³/mol. The van der Waals surface area contributed by atoms with Crippen LogP contribution in [-0.4, -0.2) is 5.78 Å². The Labute approximate surface area is 129 Å². The van der Waals surface area contributed by atoms with Gasteiger partial charge in [-0.1, -0.05) is 40.9 Å². The lowest BCUT2D eigenvalue weighted by molar-refractivity contribution is 0.101. The molecule has 0 aliphatic carbocycles. The molecule has 0 radical (unpaired) electrons. The Balaban J connectivity index is 2.11. The van der Waals surface area contributed by atoms with Crippen molar-refractivity contribution in [2.45, 2.75) is 31.4 Å². The van der Waals surface area contributed by atoms with Crippen molar-refractivity contribution in [3.8, 4) is 0 Å². The van der Waals surface area contributed by atoms with Gasteiger partial charge in [0.25, 0.3) is 0 Å². The van der Waals surface area contributed by atoms with Gasteiger partial charge in [0.2, 0.25) is 0 Å². The number of rotatable bonds is 4. The average molecular weight is 305 g/mol. The molecule has 2 aromatic rings. The van der Waals surface area contributed by atoms with E-state index in [4.69, 9.17) is 11.6 Å². The number of carbonyl (C=O) groups is 1. The molecule has 3 heteroatoms. The van der Waals surface area contributed by atoms with E-state index in [1.165, 1.54) is 23.6 Å². The van der Waals surface area contributed by atoms with Crippen LogP contribution in [0.15, 0.2) is 41.3 Å². The molecule has 0 saturated heterocycles. The fourth-order valence-corrected chi connectivity index (χ4v) is 3.43. The Hall–Kier alpha value is -1.25. The van der Waals surface area contributed by atoms with E-state index >= 15 is 0 Å². The Bertz CT molecular complexity index is 629. The summed E-state index contributed by atoms with van der Waals surface area (Å²) >= 11 is 7.85. The molecule has 0 unspecified atom stereocenters. The number of hydrogen-bond acceptors (Lipinski definition) is 2. The van der Waals surface area contributed by atoms with Crippen LogP contribution in [0.1, 0.15) is 34.0 Å². The van der Waals surface area contributed by atoms with E-state index in [1.54, 1.807) is 17.8 Å². The van der Waals surface area contributed by atoms with Gasteiger partial charge in [0.1, 0.15) is 0 Å².